The van der Waals surface area contributed by atoms with Crippen molar-refractivity contribution < 1.29 is 22.9 Å². The van der Waals surface area contributed by atoms with E-state index in [1.54, 1.807) is 6.07 Å². The zero-order valence-electron chi connectivity index (χ0n) is 17.2. The third-order valence-electron chi connectivity index (χ3n) is 4.72. The molecular weight excluding hydrogens is 420 g/mol. The number of benzene rings is 2. The zero-order valence-corrected chi connectivity index (χ0v) is 18.1. The summed E-state index contributed by atoms with van der Waals surface area (Å²) in [5, 5.41) is 7.06. The molecule has 31 heavy (non-hydrogen) atoms. The van der Waals surface area contributed by atoms with Crippen LogP contribution < -0.4 is 5.32 Å². The van der Waals surface area contributed by atoms with E-state index in [9.17, 15) is 8.96 Å². The molecule has 0 aliphatic heterocycles. The van der Waals surface area contributed by atoms with E-state index in [0.717, 1.165) is 24.8 Å². The summed E-state index contributed by atoms with van der Waals surface area (Å²) < 4.78 is 34.8. The highest BCUT2D eigenvalue weighted by molar-refractivity contribution is 7.32. The molecule has 0 amide bonds. The lowest BCUT2D eigenvalue weighted by atomic mass is 10.1. The number of aryl methyl sites for hydroxylation is 2. The van der Waals surface area contributed by atoms with Gasteiger partial charge in [-0.25, -0.2) is 4.39 Å². The topological polar surface area (TPSA) is 97.5 Å². The second-order valence-electron chi connectivity index (χ2n) is 7.12. The second kappa shape index (κ2) is 12.4. The molecule has 1 heterocycles. The van der Waals surface area contributed by atoms with Gasteiger partial charge in [0.2, 0.25) is 11.7 Å². The number of unbranched alkanes of at least 4 members (excludes halogenated alkanes) is 1. The van der Waals surface area contributed by atoms with Gasteiger partial charge in [-0.2, -0.15) is 4.98 Å². The number of hydrogen-bond donors (Lipinski definition) is 2. The van der Waals surface area contributed by atoms with Crippen molar-refractivity contribution >= 4 is 8.25 Å². The van der Waals surface area contributed by atoms with Gasteiger partial charge < -0.3 is 9.84 Å². The van der Waals surface area contributed by atoms with E-state index < -0.39 is 14.1 Å². The highest BCUT2D eigenvalue weighted by atomic mass is 31.1. The van der Waals surface area contributed by atoms with Crippen LogP contribution in [0.2, 0.25) is 0 Å². The maximum absolute atomic E-state index is 14.5. The van der Waals surface area contributed by atoms with Gasteiger partial charge in [0.1, 0.15) is 12.4 Å². The Morgan fingerprint density at radius 3 is 2.65 bits per heavy atom. The molecule has 1 unspecified atom stereocenters. The van der Waals surface area contributed by atoms with Gasteiger partial charge in [-0.15, -0.1) is 9.42 Å². The van der Waals surface area contributed by atoms with Gasteiger partial charge in [0, 0.05) is 17.5 Å². The number of nitrogens with one attached hydrogen (secondary N) is 1. The van der Waals surface area contributed by atoms with Crippen LogP contribution in [0.25, 0.3) is 11.4 Å². The molecule has 3 aromatic rings. The molecule has 0 radical (unpaired) electrons. The normalized spacial score (nSPS) is 11.6. The summed E-state index contributed by atoms with van der Waals surface area (Å²) in [4.78, 5) is 12.9. The molecular formula is C22H26FN3O4P+. The van der Waals surface area contributed by atoms with Crippen molar-refractivity contribution in [1.29, 1.82) is 0 Å². The third kappa shape index (κ3) is 7.92. The number of nitrogens with zero attached hydrogens (tertiary/aromatic N) is 2. The second-order valence-corrected chi connectivity index (χ2v) is 7.85. The molecule has 0 spiro atoms. The quantitative estimate of drug-likeness (QED) is 0.293. The number of halogens is 1. The Kier molecular flexibility index (Phi) is 9.24. The molecule has 164 valence electrons. The minimum atomic E-state index is -2.56. The lowest BCUT2D eigenvalue weighted by Crippen LogP contribution is -2.16. The first-order chi connectivity index (χ1) is 15.1. The zero-order chi connectivity index (χ0) is 21.9. The first-order valence-corrected chi connectivity index (χ1v) is 11.4. The maximum atomic E-state index is 14.5. The molecule has 0 saturated carbocycles. The van der Waals surface area contributed by atoms with Crippen molar-refractivity contribution in [2.45, 2.75) is 38.6 Å². The third-order valence-corrected chi connectivity index (χ3v) is 5.12. The van der Waals surface area contributed by atoms with Crippen molar-refractivity contribution in [2.75, 3.05) is 13.2 Å². The summed E-state index contributed by atoms with van der Waals surface area (Å²) in [5.74, 6) is 0.363. The number of aromatic nitrogens is 2. The van der Waals surface area contributed by atoms with Crippen molar-refractivity contribution in [3.05, 3.63) is 71.4 Å². The highest BCUT2D eigenvalue weighted by Crippen LogP contribution is 2.22. The smallest absolute Gasteiger partial charge is 0.339 e. The maximum Gasteiger partial charge on any atom is 0.694 e. The number of hydrogen-bond acceptors (Lipinski definition) is 6. The molecule has 0 aliphatic rings. The van der Waals surface area contributed by atoms with E-state index in [2.05, 4.69) is 32.1 Å². The Bertz CT molecular complexity index is 968. The molecule has 0 aliphatic carbocycles. The molecule has 9 heteroatoms. The van der Waals surface area contributed by atoms with Crippen LogP contribution in [0.1, 0.15) is 36.3 Å². The standard InChI is InChI=1S/C22H25FN3O4P/c23-20-15-18(16-24-13-6-14-29-31(27)28)11-12-19(20)22-25-21(30-26-22)10-5-4-9-17-7-2-1-3-8-17/h1-3,7-8,11-12,15,24H,4-6,9-10,13-14,16H2/p+1. The molecule has 2 aromatic carbocycles. The van der Waals surface area contributed by atoms with E-state index in [4.69, 9.17) is 9.42 Å². The van der Waals surface area contributed by atoms with Gasteiger partial charge >= 0.3 is 8.25 Å². The van der Waals surface area contributed by atoms with Gasteiger partial charge in [0.15, 0.2) is 0 Å². The summed E-state index contributed by atoms with van der Waals surface area (Å²) >= 11 is 0. The molecule has 1 atom stereocenters. The fourth-order valence-corrected chi connectivity index (χ4v) is 3.42. The minimum absolute atomic E-state index is 0.193. The molecule has 7 nitrogen and oxygen atoms in total. The Balaban J connectivity index is 1.43. The lowest BCUT2D eigenvalue weighted by Gasteiger charge is -2.05. The van der Waals surface area contributed by atoms with Gasteiger partial charge in [-0.3, -0.25) is 0 Å². The van der Waals surface area contributed by atoms with Crippen LogP contribution in [-0.2, 0) is 28.5 Å². The van der Waals surface area contributed by atoms with Crippen molar-refractivity contribution in [3.63, 3.8) is 0 Å². The first kappa shape index (κ1) is 23.2. The Labute approximate surface area is 181 Å². The molecule has 1 aromatic heterocycles. The SMILES string of the molecule is O=[P+](O)OCCCNCc1ccc(-c2noc(CCCCc3ccccc3)n2)c(F)c1. The minimum Gasteiger partial charge on any atom is -0.339 e. The van der Waals surface area contributed by atoms with Gasteiger partial charge in [0.05, 0.1) is 5.56 Å². The first-order valence-electron chi connectivity index (χ1n) is 10.3. The number of rotatable bonds is 13. The van der Waals surface area contributed by atoms with E-state index >= 15 is 0 Å². The predicted molar refractivity (Wildman–Crippen MR) is 115 cm³/mol. The van der Waals surface area contributed by atoms with Crippen molar-refractivity contribution in [3.8, 4) is 11.4 Å². The Morgan fingerprint density at radius 1 is 1.06 bits per heavy atom. The van der Waals surface area contributed by atoms with E-state index in [1.165, 1.54) is 11.6 Å². The predicted octanol–water partition coefficient (Wildman–Crippen LogP) is 4.59. The van der Waals surface area contributed by atoms with Gasteiger partial charge in [-0.05, 0) is 55.5 Å². The molecule has 0 bridgehead atoms. The Morgan fingerprint density at radius 2 is 1.87 bits per heavy atom. The van der Waals surface area contributed by atoms with Gasteiger partial charge in [0.25, 0.3) is 0 Å². The van der Waals surface area contributed by atoms with Crippen LogP contribution in [0.15, 0.2) is 53.1 Å². The summed E-state index contributed by atoms with van der Waals surface area (Å²) in [6, 6.07) is 15.2. The Hall–Kier alpha value is -2.51. The fraction of sp³-hybridized carbons (Fsp3) is 0.364. The van der Waals surface area contributed by atoms with Crippen molar-refractivity contribution in [2.24, 2.45) is 0 Å². The largest absolute Gasteiger partial charge is 0.694 e. The van der Waals surface area contributed by atoms with E-state index in [-0.39, 0.29) is 12.4 Å². The fourth-order valence-electron chi connectivity index (χ4n) is 3.14. The van der Waals surface area contributed by atoms with Gasteiger partial charge in [-0.1, -0.05) is 41.6 Å². The average Bonchev–Trinajstić information content (AvgIpc) is 3.23. The monoisotopic (exact) mass is 446 g/mol. The van der Waals surface area contributed by atoms with Crippen LogP contribution in [0.5, 0.6) is 0 Å². The highest BCUT2D eigenvalue weighted by Gasteiger charge is 2.14. The molecule has 3 rings (SSSR count). The molecule has 0 fully saturated rings. The summed E-state index contributed by atoms with van der Waals surface area (Å²) in [6.07, 6.45) is 4.18. The summed E-state index contributed by atoms with van der Waals surface area (Å²) in [5.41, 5.74) is 2.39. The summed E-state index contributed by atoms with van der Waals surface area (Å²) in [6.45, 7) is 1.25. The van der Waals surface area contributed by atoms with E-state index in [1.807, 2.05) is 24.3 Å². The van der Waals surface area contributed by atoms with Crippen LogP contribution in [-0.4, -0.2) is 28.2 Å². The van der Waals surface area contributed by atoms with Crippen LogP contribution in [0.4, 0.5) is 4.39 Å². The lowest BCUT2D eigenvalue weighted by molar-refractivity contribution is 0.276. The molecule has 0 saturated heterocycles. The van der Waals surface area contributed by atoms with Crippen LogP contribution in [0, 0.1) is 5.82 Å². The van der Waals surface area contributed by atoms with Crippen molar-refractivity contribution in [1.82, 2.24) is 15.5 Å². The van der Waals surface area contributed by atoms with Crippen LogP contribution >= 0.6 is 8.25 Å². The molecule has 2 N–H and O–H groups in total. The average molecular weight is 446 g/mol. The van der Waals surface area contributed by atoms with Crippen LogP contribution in [0.3, 0.4) is 0 Å². The van der Waals surface area contributed by atoms with E-state index in [0.29, 0.717) is 37.4 Å². The summed E-state index contributed by atoms with van der Waals surface area (Å²) in [7, 11) is -2.56.